The molecule has 2 nitrogen and oxygen atoms in total. The molecule has 0 saturated carbocycles. The molecule has 15 heavy (non-hydrogen) atoms. The van der Waals surface area contributed by atoms with Crippen molar-refractivity contribution in [3.8, 4) is 0 Å². The zero-order valence-electron chi connectivity index (χ0n) is 8.19. The number of thioether (sulfide) groups is 1. The molecular weight excluding hydrogens is 228 g/mol. The van der Waals surface area contributed by atoms with Crippen LogP contribution >= 0.6 is 23.4 Å². The van der Waals surface area contributed by atoms with Crippen molar-refractivity contribution in [1.29, 1.82) is 0 Å². The second-order valence-corrected chi connectivity index (χ2v) is 5.45. The monoisotopic (exact) mass is 238 g/mol. The molecule has 1 fully saturated rings. The van der Waals surface area contributed by atoms with Gasteiger partial charge in [0.05, 0.1) is 22.0 Å². The van der Waals surface area contributed by atoms with Gasteiger partial charge < -0.3 is 4.40 Å². The molecule has 0 N–H and O–H groups in total. The van der Waals surface area contributed by atoms with Crippen LogP contribution in [0.1, 0.15) is 23.9 Å². The molecule has 0 radical (unpaired) electrons. The first-order valence-electron chi connectivity index (χ1n) is 5.09. The molecule has 3 heterocycles. The minimum atomic E-state index is 0.547. The Balaban J connectivity index is 2.15. The number of imidazole rings is 1. The summed E-state index contributed by atoms with van der Waals surface area (Å²) in [6.45, 7) is 0. The molecule has 0 aliphatic carbocycles. The Morgan fingerprint density at radius 2 is 2.47 bits per heavy atom. The molecule has 0 amide bonds. The predicted octanol–water partition coefficient (Wildman–Crippen LogP) is 3.56. The first kappa shape index (κ1) is 9.55. The summed E-state index contributed by atoms with van der Waals surface area (Å²) < 4.78 is 2.12. The van der Waals surface area contributed by atoms with Gasteiger partial charge in [-0.2, -0.15) is 11.8 Å². The van der Waals surface area contributed by atoms with Gasteiger partial charge in [0.1, 0.15) is 5.82 Å². The summed E-state index contributed by atoms with van der Waals surface area (Å²) >= 11 is 8.10. The molecule has 0 aromatic carbocycles. The van der Waals surface area contributed by atoms with E-state index >= 15 is 0 Å². The van der Waals surface area contributed by atoms with Gasteiger partial charge in [-0.25, -0.2) is 4.98 Å². The van der Waals surface area contributed by atoms with Gasteiger partial charge in [-0.3, -0.25) is 0 Å². The first-order chi connectivity index (χ1) is 7.36. The molecule has 1 saturated heterocycles. The average molecular weight is 239 g/mol. The third-order valence-corrected chi connectivity index (χ3v) is 4.46. The summed E-state index contributed by atoms with van der Waals surface area (Å²) in [6, 6.07) is 3.88. The Kier molecular flexibility index (Phi) is 2.37. The highest BCUT2D eigenvalue weighted by atomic mass is 35.5. The van der Waals surface area contributed by atoms with Gasteiger partial charge in [0.2, 0.25) is 0 Å². The van der Waals surface area contributed by atoms with Crippen LogP contribution in [0.4, 0.5) is 0 Å². The molecule has 0 spiro atoms. The van der Waals surface area contributed by atoms with E-state index in [1.165, 1.54) is 18.6 Å². The molecule has 1 aliphatic rings. The molecule has 78 valence electrons. The van der Waals surface area contributed by atoms with Crippen LogP contribution in [-0.4, -0.2) is 15.1 Å². The van der Waals surface area contributed by atoms with Gasteiger partial charge in [0.15, 0.2) is 0 Å². The van der Waals surface area contributed by atoms with Crippen LogP contribution in [0.2, 0.25) is 5.02 Å². The van der Waals surface area contributed by atoms with Gasteiger partial charge >= 0.3 is 0 Å². The lowest BCUT2D eigenvalue weighted by molar-refractivity contribution is 0.774. The zero-order valence-corrected chi connectivity index (χ0v) is 9.76. The molecule has 1 aliphatic heterocycles. The van der Waals surface area contributed by atoms with Gasteiger partial charge in [-0.15, -0.1) is 0 Å². The Bertz CT molecular complexity index is 488. The average Bonchev–Trinajstić information content (AvgIpc) is 2.85. The number of aromatic nitrogens is 2. The normalized spacial score (nSPS) is 21.3. The van der Waals surface area contributed by atoms with Crippen LogP contribution in [0.3, 0.4) is 0 Å². The summed E-state index contributed by atoms with van der Waals surface area (Å²) in [4.78, 5) is 4.50. The Morgan fingerprint density at radius 1 is 1.53 bits per heavy atom. The van der Waals surface area contributed by atoms with E-state index in [4.69, 9.17) is 11.6 Å². The van der Waals surface area contributed by atoms with E-state index in [1.807, 2.05) is 36.3 Å². The second-order valence-electron chi connectivity index (χ2n) is 3.73. The van der Waals surface area contributed by atoms with Gasteiger partial charge in [0.25, 0.3) is 0 Å². The van der Waals surface area contributed by atoms with E-state index in [2.05, 4.69) is 9.38 Å². The predicted molar refractivity (Wildman–Crippen MR) is 64.6 cm³/mol. The Morgan fingerprint density at radius 3 is 3.27 bits per heavy atom. The highest BCUT2D eigenvalue weighted by molar-refractivity contribution is 7.99. The smallest absolute Gasteiger partial charge is 0.126 e. The Hall–Kier alpha value is -0.670. The highest BCUT2D eigenvalue weighted by Crippen LogP contribution is 2.39. The maximum Gasteiger partial charge on any atom is 0.126 e. The van der Waals surface area contributed by atoms with E-state index in [0.29, 0.717) is 5.25 Å². The molecular formula is C11H11ClN2S. The van der Waals surface area contributed by atoms with Gasteiger partial charge in [-0.05, 0) is 30.7 Å². The number of hydrogen-bond donors (Lipinski definition) is 0. The van der Waals surface area contributed by atoms with Crippen molar-refractivity contribution in [2.45, 2.75) is 18.1 Å². The van der Waals surface area contributed by atoms with Crippen LogP contribution in [0, 0.1) is 0 Å². The number of halogens is 1. The van der Waals surface area contributed by atoms with Crippen LogP contribution in [-0.2, 0) is 0 Å². The van der Waals surface area contributed by atoms with Crippen molar-refractivity contribution >= 4 is 28.9 Å². The maximum atomic E-state index is 6.11. The maximum absolute atomic E-state index is 6.11. The summed E-state index contributed by atoms with van der Waals surface area (Å²) in [5, 5.41) is 1.32. The molecule has 1 unspecified atom stereocenters. The minimum absolute atomic E-state index is 0.547. The topological polar surface area (TPSA) is 17.3 Å². The second kappa shape index (κ2) is 3.72. The van der Waals surface area contributed by atoms with Crippen molar-refractivity contribution in [1.82, 2.24) is 9.38 Å². The lowest BCUT2D eigenvalue weighted by Gasteiger charge is -2.07. The van der Waals surface area contributed by atoms with Gasteiger partial charge in [0, 0.05) is 6.20 Å². The van der Waals surface area contributed by atoms with Crippen molar-refractivity contribution in [3.05, 3.63) is 35.4 Å². The SMILES string of the molecule is Clc1cccn2c(C3CCCS3)ncc12. The van der Waals surface area contributed by atoms with Crippen molar-refractivity contribution < 1.29 is 0 Å². The van der Waals surface area contributed by atoms with E-state index in [-0.39, 0.29) is 0 Å². The fraction of sp³-hybridized carbons (Fsp3) is 0.364. The number of nitrogens with zero attached hydrogens (tertiary/aromatic N) is 2. The molecule has 3 rings (SSSR count). The van der Waals surface area contributed by atoms with Crippen molar-refractivity contribution in [2.75, 3.05) is 5.75 Å². The number of pyridine rings is 1. The minimum Gasteiger partial charge on any atom is -0.301 e. The lowest BCUT2D eigenvalue weighted by Crippen LogP contribution is -1.97. The Labute approximate surface area is 97.6 Å². The highest BCUT2D eigenvalue weighted by Gasteiger charge is 2.22. The van der Waals surface area contributed by atoms with Crippen LogP contribution in [0.15, 0.2) is 24.5 Å². The van der Waals surface area contributed by atoms with Gasteiger partial charge in [-0.1, -0.05) is 11.6 Å². The van der Waals surface area contributed by atoms with Crippen LogP contribution < -0.4 is 0 Å². The van der Waals surface area contributed by atoms with Crippen LogP contribution in [0.25, 0.3) is 5.52 Å². The van der Waals surface area contributed by atoms with E-state index in [0.717, 1.165) is 16.4 Å². The summed E-state index contributed by atoms with van der Waals surface area (Å²) in [5.74, 6) is 2.40. The summed E-state index contributed by atoms with van der Waals surface area (Å²) in [7, 11) is 0. The lowest BCUT2D eigenvalue weighted by atomic mass is 10.2. The van der Waals surface area contributed by atoms with Crippen molar-refractivity contribution in [3.63, 3.8) is 0 Å². The quantitative estimate of drug-likeness (QED) is 0.756. The van der Waals surface area contributed by atoms with E-state index in [9.17, 15) is 0 Å². The van der Waals surface area contributed by atoms with Crippen LogP contribution in [0.5, 0.6) is 0 Å². The summed E-state index contributed by atoms with van der Waals surface area (Å²) in [6.07, 6.45) is 6.44. The largest absolute Gasteiger partial charge is 0.301 e. The molecule has 4 heteroatoms. The first-order valence-corrected chi connectivity index (χ1v) is 6.52. The fourth-order valence-electron chi connectivity index (χ4n) is 2.03. The number of rotatable bonds is 1. The fourth-order valence-corrected chi connectivity index (χ4v) is 3.51. The number of fused-ring (bicyclic) bond motifs is 1. The number of hydrogen-bond acceptors (Lipinski definition) is 2. The van der Waals surface area contributed by atoms with E-state index < -0.39 is 0 Å². The molecule has 0 bridgehead atoms. The van der Waals surface area contributed by atoms with Crippen molar-refractivity contribution in [2.24, 2.45) is 0 Å². The standard InChI is InChI=1S/C11H11ClN2S/c12-8-3-1-5-14-9(8)7-13-11(14)10-4-2-6-15-10/h1,3,5,7,10H,2,4,6H2. The molecule has 2 aromatic heterocycles. The summed E-state index contributed by atoms with van der Waals surface area (Å²) in [5.41, 5.74) is 1.02. The zero-order chi connectivity index (χ0) is 10.3. The third-order valence-electron chi connectivity index (χ3n) is 2.77. The molecule has 1 atom stereocenters. The van der Waals surface area contributed by atoms with E-state index in [1.54, 1.807) is 0 Å². The molecule has 2 aromatic rings. The third kappa shape index (κ3) is 1.54.